The van der Waals surface area contributed by atoms with Gasteiger partial charge < -0.3 is 10.5 Å². The Kier molecular flexibility index (Phi) is 2.58. The highest BCUT2D eigenvalue weighted by Crippen LogP contribution is 2.57. The van der Waals surface area contributed by atoms with Gasteiger partial charge in [-0.2, -0.15) is 0 Å². The largest absolute Gasteiger partial charge is 0.431 e. The lowest BCUT2D eigenvalue weighted by Gasteiger charge is -2.25. The van der Waals surface area contributed by atoms with Crippen molar-refractivity contribution in [3.63, 3.8) is 0 Å². The first-order valence-corrected chi connectivity index (χ1v) is 5.41. The first-order valence-electron chi connectivity index (χ1n) is 5.41. The molecule has 2 atom stereocenters. The van der Waals surface area contributed by atoms with E-state index in [1.807, 2.05) is 0 Å². The predicted molar refractivity (Wildman–Crippen MR) is 58.0 cm³/mol. The van der Waals surface area contributed by atoms with E-state index >= 15 is 0 Å². The van der Waals surface area contributed by atoms with E-state index in [4.69, 9.17) is 10.5 Å². The standard InChI is InChI=1S/C12H15NO3/c1-2-10(14)16-7-9-5-8-3-4-12(9,6-8)11(13)15/h2,7-8H,1,3-6H2,(H2,13,15). The number of esters is 1. The lowest BCUT2D eigenvalue weighted by atomic mass is 9.79. The molecule has 4 heteroatoms. The second-order valence-corrected chi connectivity index (χ2v) is 4.54. The Hall–Kier alpha value is -1.58. The molecule has 2 aliphatic carbocycles. The second-order valence-electron chi connectivity index (χ2n) is 4.54. The van der Waals surface area contributed by atoms with E-state index in [1.165, 1.54) is 6.26 Å². The van der Waals surface area contributed by atoms with Crippen molar-refractivity contribution in [1.29, 1.82) is 0 Å². The van der Waals surface area contributed by atoms with Crippen LogP contribution >= 0.6 is 0 Å². The van der Waals surface area contributed by atoms with Crippen LogP contribution in [0.4, 0.5) is 0 Å². The molecule has 2 unspecified atom stereocenters. The maximum Gasteiger partial charge on any atom is 0.334 e. The van der Waals surface area contributed by atoms with Crippen molar-refractivity contribution in [2.24, 2.45) is 17.1 Å². The van der Waals surface area contributed by atoms with Gasteiger partial charge in [-0.25, -0.2) is 4.79 Å². The Balaban J connectivity index is 2.19. The van der Waals surface area contributed by atoms with Crippen LogP contribution in [0.3, 0.4) is 0 Å². The van der Waals surface area contributed by atoms with Gasteiger partial charge in [0.2, 0.25) is 5.91 Å². The van der Waals surface area contributed by atoms with Crippen LogP contribution in [0.5, 0.6) is 0 Å². The molecule has 2 fully saturated rings. The number of hydrogen-bond donors (Lipinski definition) is 1. The average molecular weight is 221 g/mol. The van der Waals surface area contributed by atoms with Crippen molar-refractivity contribution in [3.05, 3.63) is 24.5 Å². The number of fused-ring (bicyclic) bond motifs is 2. The summed E-state index contributed by atoms with van der Waals surface area (Å²) in [7, 11) is 0. The van der Waals surface area contributed by atoms with Crippen LogP contribution in [0.2, 0.25) is 0 Å². The number of nitrogens with two attached hydrogens (primary N) is 1. The minimum atomic E-state index is -0.549. The van der Waals surface area contributed by atoms with Gasteiger partial charge in [-0.15, -0.1) is 0 Å². The lowest BCUT2D eigenvalue weighted by Crippen LogP contribution is -2.35. The summed E-state index contributed by atoms with van der Waals surface area (Å²) in [6, 6.07) is 0. The monoisotopic (exact) mass is 221 g/mol. The van der Waals surface area contributed by atoms with E-state index in [1.54, 1.807) is 0 Å². The highest BCUT2D eigenvalue weighted by molar-refractivity contribution is 5.86. The van der Waals surface area contributed by atoms with Crippen LogP contribution in [0.15, 0.2) is 24.5 Å². The summed E-state index contributed by atoms with van der Waals surface area (Å²) >= 11 is 0. The van der Waals surface area contributed by atoms with Gasteiger partial charge in [-0.3, -0.25) is 4.79 Å². The number of primary amides is 1. The molecule has 86 valence electrons. The Morgan fingerprint density at radius 3 is 2.88 bits per heavy atom. The van der Waals surface area contributed by atoms with Crippen LogP contribution in [-0.4, -0.2) is 11.9 Å². The molecule has 0 saturated heterocycles. The van der Waals surface area contributed by atoms with E-state index in [9.17, 15) is 9.59 Å². The van der Waals surface area contributed by atoms with E-state index in [0.29, 0.717) is 5.92 Å². The number of ether oxygens (including phenoxy) is 1. The molecule has 2 aliphatic rings. The first-order chi connectivity index (χ1) is 7.58. The molecule has 0 aliphatic heterocycles. The van der Waals surface area contributed by atoms with Gasteiger partial charge in [0.05, 0.1) is 11.7 Å². The molecular formula is C12H15NO3. The van der Waals surface area contributed by atoms with Gasteiger partial charge in [0, 0.05) is 6.08 Å². The van der Waals surface area contributed by atoms with Gasteiger partial charge in [0.1, 0.15) is 0 Å². The minimum Gasteiger partial charge on any atom is -0.431 e. The normalized spacial score (nSPS) is 34.0. The Morgan fingerprint density at radius 2 is 2.31 bits per heavy atom. The zero-order chi connectivity index (χ0) is 11.8. The molecule has 0 spiro atoms. The summed E-state index contributed by atoms with van der Waals surface area (Å²) in [4.78, 5) is 22.5. The third-order valence-electron chi connectivity index (χ3n) is 3.70. The molecule has 2 rings (SSSR count). The van der Waals surface area contributed by atoms with Gasteiger partial charge in [0.25, 0.3) is 0 Å². The van der Waals surface area contributed by atoms with Crippen molar-refractivity contribution in [2.75, 3.05) is 0 Å². The smallest absolute Gasteiger partial charge is 0.334 e. The lowest BCUT2D eigenvalue weighted by molar-refractivity contribution is -0.133. The highest BCUT2D eigenvalue weighted by Gasteiger charge is 2.52. The van der Waals surface area contributed by atoms with Crippen molar-refractivity contribution >= 4 is 11.9 Å². The van der Waals surface area contributed by atoms with Crippen molar-refractivity contribution in [1.82, 2.24) is 0 Å². The third-order valence-corrected chi connectivity index (χ3v) is 3.70. The molecule has 0 radical (unpaired) electrons. The molecule has 0 aromatic rings. The minimum absolute atomic E-state index is 0.298. The summed E-state index contributed by atoms with van der Waals surface area (Å²) in [5.74, 6) is -0.288. The van der Waals surface area contributed by atoms with Crippen LogP contribution in [0.25, 0.3) is 0 Å². The fraction of sp³-hybridized carbons (Fsp3) is 0.500. The molecule has 4 nitrogen and oxygen atoms in total. The fourth-order valence-corrected chi connectivity index (χ4v) is 2.84. The van der Waals surface area contributed by atoms with Crippen molar-refractivity contribution in [2.45, 2.75) is 25.7 Å². The SMILES string of the molecule is C=CC(=O)OC=C1CC2CCC1(C(N)=O)C2. The number of rotatable bonds is 3. The van der Waals surface area contributed by atoms with Crippen molar-refractivity contribution < 1.29 is 14.3 Å². The summed E-state index contributed by atoms with van der Waals surface area (Å²) in [6.45, 7) is 3.31. The number of amides is 1. The number of hydrogen-bond acceptors (Lipinski definition) is 3. The molecule has 1 amide bonds. The molecule has 0 aromatic heterocycles. The molecule has 16 heavy (non-hydrogen) atoms. The summed E-state index contributed by atoms with van der Waals surface area (Å²) in [5, 5.41) is 0. The van der Waals surface area contributed by atoms with Gasteiger partial charge in [-0.05, 0) is 37.2 Å². The fourth-order valence-electron chi connectivity index (χ4n) is 2.84. The van der Waals surface area contributed by atoms with Gasteiger partial charge in [-0.1, -0.05) is 6.58 Å². The van der Waals surface area contributed by atoms with Crippen LogP contribution in [0.1, 0.15) is 25.7 Å². The van der Waals surface area contributed by atoms with Crippen molar-refractivity contribution in [3.8, 4) is 0 Å². The summed E-state index contributed by atoms with van der Waals surface area (Å²) < 4.78 is 4.88. The zero-order valence-electron chi connectivity index (χ0n) is 9.07. The van der Waals surface area contributed by atoms with Crippen LogP contribution in [0, 0.1) is 11.3 Å². The number of carbonyl (C=O) groups is 2. The van der Waals surface area contributed by atoms with Gasteiger partial charge >= 0.3 is 5.97 Å². The maximum atomic E-state index is 11.5. The van der Waals surface area contributed by atoms with Gasteiger partial charge in [0.15, 0.2) is 0 Å². The van der Waals surface area contributed by atoms with E-state index in [2.05, 4.69) is 6.58 Å². The molecule has 0 aromatic carbocycles. The van der Waals surface area contributed by atoms with Crippen LogP contribution in [-0.2, 0) is 14.3 Å². The molecule has 0 heterocycles. The zero-order valence-corrected chi connectivity index (χ0v) is 9.07. The summed E-state index contributed by atoms with van der Waals surface area (Å²) in [5.41, 5.74) is 5.78. The molecule has 2 N–H and O–H groups in total. The van der Waals surface area contributed by atoms with E-state index in [0.717, 1.165) is 37.3 Å². The molecule has 2 saturated carbocycles. The third kappa shape index (κ3) is 1.54. The second kappa shape index (κ2) is 3.77. The average Bonchev–Trinajstić information content (AvgIpc) is 2.84. The Labute approximate surface area is 94.1 Å². The van der Waals surface area contributed by atoms with Crippen LogP contribution < -0.4 is 5.73 Å². The van der Waals surface area contributed by atoms with E-state index < -0.39 is 11.4 Å². The predicted octanol–water partition coefficient (Wildman–Crippen LogP) is 1.27. The first kappa shape index (κ1) is 10.9. The topological polar surface area (TPSA) is 69.4 Å². The summed E-state index contributed by atoms with van der Waals surface area (Å²) in [6.07, 6.45) is 5.93. The molecule has 2 bridgehead atoms. The Morgan fingerprint density at radius 1 is 1.56 bits per heavy atom. The Bertz CT molecular complexity index is 386. The van der Waals surface area contributed by atoms with E-state index in [-0.39, 0.29) is 5.91 Å². The highest BCUT2D eigenvalue weighted by atomic mass is 16.5. The quantitative estimate of drug-likeness (QED) is 0.443. The molecular weight excluding hydrogens is 206 g/mol. The number of carbonyl (C=O) groups excluding carboxylic acids is 2. The maximum absolute atomic E-state index is 11.5.